The second-order valence-corrected chi connectivity index (χ2v) is 5.81. The lowest BCUT2D eigenvalue weighted by atomic mass is 9.98. The summed E-state index contributed by atoms with van der Waals surface area (Å²) in [6.07, 6.45) is 1.22. The maximum Gasteiger partial charge on any atom is 0.0406 e. The van der Waals surface area contributed by atoms with Crippen LogP contribution in [0.1, 0.15) is 45.6 Å². The highest BCUT2D eigenvalue weighted by Crippen LogP contribution is 2.31. The van der Waals surface area contributed by atoms with Crippen molar-refractivity contribution in [3.8, 4) is 0 Å². The molecule has 1 heterocycles. The molecule has 1 fully saturated rings. The zero-order valence-electron chi connectivity index (χ0n) is 12.1. The van der Waals surface area contributed by atoms with Gasteiger partial charge in [0.15, 0.2) is 0 Å². The van der Waals surface area contributed by atoms with E-state index in [1.54, 1.807) is 0 Å². The highest BCUT2D eigenvalue weighted by Gasteiger charge is 2.25. The van der Waals surface area contributed by atoms with Crippen LogP contribution in [-0.4, -0.2) is 25.2 Å². The fourth-order valence-corrected chi connectivity index (χ4v) is 2.98. The van der Waals surface area contributed by atoms with Crippen LogP contribution in [-0.2, 0) is 0 Å². The summed E-state index contributed by atoms with van der Waals surface area (Å²) in [5, 5.41) is 3.53. The van der Waals surface area contributed by atoms with Gasteiger partial charge in [0.2, 0.25) is 0 Å². The molecule has 0 aliphatic carbocycles. The molecular formula is C16H26N2. The second-order valence-electron chi connectivity index (χ2n) is 5.81. The Morgan fingerprint density at radius 3 is 2.61 bits per heavy atom. The maximum atomic E-state index is 3.53. The van der Waals surface area contributed by atoms with Crippen molar-refractivity contribution in [2.24, 2.45) is 0 Å². The molecule has 2 unspecified atom stereocenters. The van der Waals surface area contributed by atoms with Crippen LogP contribution in [0.5, 0.6) is 0 Å². The SMILES string of the molecule is CC(C)c1ccccc1N1C(C)CCNCC1C. The van der Waals surface area contributed by atoms with Crippen LogP contribution in [0.25, 0.3) is 0 Å². The van der Waals surface area contributed by atoms with Crippen LogP contribution in [0.4, 0.5) is 5.69 Å². The Labute approximate surface area is 111 Å². The monoisotopic (exact) mass is 246 g/mol. The van der Waals surface area contributed by atoms with Crippen molar-refractivity contribution in [2.75, 3.05) is 18.0 Å². The number of benzene rings is 1. The Kier molecular flexibility index (Phi) is 4.28. The highest BCUT2D eigenvalue weighted by atomic mass is 15.2. The van der Waals surface area contributed by atoms with Gasteiger partial charge in [-0.3, -0.25) is 0 Å². The summed E-state index contributed by atoms with van der Waals surface area (Å²) >= 11 is 0. The molecule has 2 nitrogen and oxygen atoms in total. The standard InChI is InChI=1S/C16H26N2/c1-12(2)15-7-5-6-8-16(15)18-13(3)9-10-17-11-14(18)4/h5-8,12-14,17H,9-11H2,1-4H3. The van der Waals surface area contributed by atoms with Crippen molar-refractivity contribution in [3.05, 3.63) is 29.8 Å². The van der Waals surface area contributed by atoms with Crippen LogP contribution in [0.15, 0.2) is 24.3 Å². The minimum atomic E-state index is 0.558. The lowest BCUT2D eigenvalue weighted by Crippen LogP contribution is -2.42. The Bertz CT molecular complexity index is 374. The fourth-order valence-electron chi connectivity index (χ4n) is 2.98. The maximum absolute atomic E-state index is 3.53. The molecule has 0 saturated carbocycles. The Hall–Kier alpha value is -1.02. The molecular weight excluding hydrogens is 220 g/mol. The molecule has 1 N–H and O–H groups in total. The third-order valence-electron chi connectivity index (χ3n) is 3.97. The highest BCUT2D eigenvalue weighted by molar-refractivity contribution is 5.56. The van der Waals surface area contributed by atoms with Gasteiger partial charge in [-0.2, -0.15) is 0 Å². The van der Waals surface area contributed by atoms with E-state index in [1.165, 1.54) is 17.7 Å². The number of nitrogens with one attached hydrogen (secondary N) is 1. The molecule has 2 rings (SSSR count). The average molecular weight is 246 g/mol. The van der Waals surface area contributed by atoms with Gasteiger partial charge in [0, 0.05) is 24.3 Å². The van der Waals surface area contributed by atoms with Crippen LogP contribution in [0.3, 0.4) is 0 Å². The zero-order valence-corrected chi connectivity index (χ0v) is 12.1. The van der Waals surface area contributed by atoms with Crippen LogP contribution >= 0.6 is 0 Å². The summed E-state index contributed by atoms with van der Waals surface area (Å²) in [7, 11) is 0. The molecule has 18 heavy (non-hydrogen) atoms. The molecule has 0 bridgehead atoms. The van der Waals surface area contributed by atoms with E-state index in [-0.39, 0.29) is 0 Å². The van der Waals surface area contributed by atoms with Crippen molar-refractivity contribution < 1.29 is 0 Å². The summed E-state index contributed by atoms with van der Waals surface area (Å²) in [5.74, 6) is 0.580. The van der Waals surface area contributed by atoms with Gasteiger partial charge in [-0.25, -0.2) is 0 Å². The van der Waals surface area contributed by atoms with E-state index in [1.807, 2.05) is 0 Å². The lowest BCUT2D eigenvalue weighted by molar-refractivity contribution is 0.571. The minimum Gasteiger partial charge on any atom is -0.365 e. The number of anilines is 1. The normalized spacial score (nSPS) is 25.3. The number of hydrogen-bond acceptors (Lipinski definition) is 2. The molecule has 0 radical (unpaired) electrons. The molecule has 0 aromatic heterocycles. The Balaban J connectivity index is 2.38. The van der Waals surface area contributed by atoms with Gasteiger partial charge < -0.3 is 10.2 Å². The van der Waals surface area contributed by atoms with Gasteiger partial charge in [-0.15, -0.1) is 0 Å². The first-order chi connectivity index (χ1) is 8.61. The molecule has 2 heteroatoms. The lowest BCUT2D eigenvalue weighted by Gasteiger charge is -2.36. The van der Waals surface area contributed by atoms with Gasteiger partial charge in [0.05, 0.1) is 0 Å². The fraction of sp³-hybridized carbons (Fsp3) is 0.625. The number of nitrogens with zero attached hydrogens (tertiary/aromatic N) is 1. The Morgan fingerprint density at radius 2 is 1.89 bits per heavy atom. The van der Waals surface area contributed by atoms with E-state index in [2.05, 4.69) is 62.2 Å². The van der Waals surface area contributed by atoms with E-state index in [9.17, 15) is 0 Å². The van der Waals surface area contributed by atoms with Crippen LogP contribution in [0, 0.1) is 0 Å². The molecule has 2 atom stereocenters. The van der Waals surface area contributed by atoms with E-state index < -0.39 is 0 Å². The molecule has 1 saturated heterocycles. The van der Waals surface area contributed by atoms with Gasteiger partial charge in [-0.1, -0.05) is 32.0 Å². The minimum absolute atomic E-state index is 0.558. The van der Waals surface area contributed by atoms with E-state index in [0.717, 1.165) is 13.1 Å². The predicted octanol–water partition coefficient (Wildman–Crippen LogP) is 3.39. The molecule has 100 valence electrons. The van der Waals surface area contributed by atoms with Crippen molar-refractivity contribution >= 4 is 5.69 Å². The van der Waals surface area contributed by atoms with Crippen molar-refractivity contribution in [3.63, 3.8) is 0 Å². The van der Waals surface area contributed by atoms with E-state index in [0.29, 0.717) is 18.0 Å². The van der Waals surface area contributed by atoms with Crippen LogP contribution < -0.4 is 10.2 Å². The topological polar surface area (TPSA) is 15.3 Å². The van der Waals surface area contributed by atoms with Gasteiger partial charge in [-0.05, 0) is 44.4 Å². The molecule has 1 aromatic carbocycles. The van der Waals surface area contributed by atoms with Crippen LogP contribution in [0.2, 0.25) is 0 Å². The average Bonchev–Trinajstić information content (AvgIpc) is 2.50. The van der Waals surface area contributed by atoms with Crippen molar-refractivity contribution in [1.82, 2.24) is 5.32 Å². The third kappa shape index (κ3) is 2.69. The number of para-hydroxylation sites is 1. The summed E-state index contributed by atoms with van der Waals surface area (Å²) < 4.78 is 0. The molecule has 1 aliphatic rings. The largest absolute Gasteiger partial charge is 0.365 e. The Morgan fingerprint density at radius 1 is 1.17 bits per heavy atom. The van der Waals surface area contributed by atoms with Crippen molar-refractivity contribution in [1.29, 1.82) is 0 Å². The van der Waals surface area contributed by atoms with Crippen molar-refractivity contribution in [2.45, 2.75) is 52.1 Å². The van der Waals surface area contributed by atoms with E-state index >= 15 is 0 Å². The molecule has 1 aliphatic heterocycles. The summed E-state index contributed by atoms with van der Waals surface area (Å²) in [4.78, 5) is 2.61. The summed E-state index contributed by atoms with van der Waals surface area (Å²) in [6, 6.07) is 10.0. The quantitative estimate of drug-likeness (QED) is 0.860. The predicted molar refractivity (Wildman–Crippen MR) is 79.4 cm³/mol. The van der Waals surface area contributed by atoms with Gasteiger partial charge in [0.1, 0.15) is 0 Å². The second kappa shape index (κ2) is 5.75. The smallest absolute Gasteiger partial charge is 0.0406 e. The first kappa shape index (κ1) is 13.4. The number of hydrogen-bond donors (Lipinski definition) is 1. The van der Waals surface area contributed by atoms with Gasteiger partial charge in [0.25, 0.3) is 0 Å². The molecule has 0 amide bonds. The van der Waals surface area contributed by atoms with Gasteiger partial charge >= 0.3 is 0 Å². The molecule has 0 spiro atoms. The van der Waals surface area contributed by atoms with E-state index in [4.69, 9.17) is 0 Å². The summed E-state index contributed by atoms with van der Waals surface area (Å²) in [6.45, 7) is 11.4. The zero-order chi connectivity index (χ0) is 13.1. The number of rotatable bonds is 2. The summed E-state index contributed by atoms with van der Waals surface area (Å²) in [5.41, 5.74) is 2.90. The first-order valence-corrected chi connectivity index (χ1v) is 7.19. The molecule has 1 aromatic rings. The third-order valence-corrected chi connectivity index (χ3v) is 3.97. The first-order valence-electron chi connectivity index (χ1n) is 7.19.